The maximum Gasteiger partial charge on any atom is 0.340 e. The van der Waals surface area contributed by atoms with Crippen LogP contribution in [-0.4, -0.2) is 42.8 Å². The Balaban J connectivity index is 1.69. The van der Waals surface area contributed by atoms with Gasteiger partial charge in [0.15, 0.2) is 18.7 Å². The first-order valence-corrected chi connectivity index (χ1v) is 8.67. The molecule has 0 saturated carbocycles. The molecule has 4 atom stereocenters. The average molecular weight is 374 g/mol. The van der Waals surface area contributed by atoms with E-state index in [-0.39, 0.29) is 24.2 Å². The number of allylic oxidation sites excluding steroid dienone is 1. The fourth-order valence-electron chi connectivity index (χ4n) is 3.17. The third kappa shape index (κ3) is 4.01. The smallest absolute Gasteiger partial charge is 0.340 e. The largest absolute Gasteiger partial charge is 0.631 e. The summed E-state index contributed by atoms with van der Waals surface area (Å²) < 4.78 is 15.7. The molecule has 1 fully saturated rings. The Morgan fingerprint density at radius 3 is 2.48 bits per heavy atom. The van der Waals surface area contributed by atoms with E-state index in [2.05, 4.69) is 4.99 Å². The molecule has 4 unspecified atom stereocenters. The summed E-state index contributed by atoms with van der Waals surface area (Å²) in [5.74, 6) is -0.793. The Hall–Kier alpha value is -2.71. The number of fused-ring (bicyclic) bond motifs is 1. The number of aliphatic imine (C=N–C) groups is 1. The highest BCUT2D eigenvalue weighted by Crippen LogP contribution is 2.27. The lowest BCUT2D eigenvalue weighted by Gasteiger charge is -2.48. The van der Waals surface area contributed by atoms with E-state index in [0.717, 1.165) is 5.56 Å². The van der Waals surface area contributed by atoms with Gasteiger partial charge in [-0.2, -0.15) is 0 Å². The molecule has 1 N–H and O–H groups in total. The SMILES string of the molecule is CC(=O)OCC1=NC2C(O1)[NH+]([O-])C2C(C(=O)OCc1ccccc1)=C(C)C. The van der Waals surface area contributed by atoms with E-state index in [1.807, 2.05) is 30.3 Å². The van der Waals surface area contributed by atoms with E-state index in [1.54, 1.807) is 13.8 Å². The number of hydrogen-bond acceptors (Lipinski definition) is 7. The Bertz CT molecular complexity index is 785. The molecule has 2 aliphatic rings. The third-order valence-corrected chi connectivity index (χ3v) is 4.48. The Kier molecular flexibility index (Phi) is 5.57. The fourth-order valence-corrected chi connectivity index (χ4v) is 3.17. The van der Waals surface area contributed by atoms with Crippen LogP contribution < -0.4 is 5.06 Å². The van der Waals surface area contributed by atoms with Gasteiger partial charge in [-0.05, 0) is 19.4 Å². The highest BCUT2D eigenvalue weighted by molar-refractivity contribution is 5.91. The Labute approximate surface area is 157 Å². The maximum atomic E-state index is 12.6. The lowest BCUT2D eigenvalue weighted by molar-refractivity contribution is -0.964. The number of quaternary nitrogens is 1. The van der Waals surface area contributed by atoms with Crippen molar-refractivity contribution in [2.45, 2.75) is 45.7 Å². The normalized spacial score (nSPS) is 25.4. The minimum Gasteiger partial charge on any atom is -0.631 e. The van der Waals surface area contributed by atoms with Crippen LogP contribution in [0.1, 0.15) is 26.3 Å². The number of ether oxygens (including phenoxy) is 3. The lowest BCUT2D eigenvalue weighted by Crippen LogP contribution is -3.26. The van der Waals surface area contributed by atoms with Crippen LogP contribution in [0.25, 0.3) is 0 Å². The number of carbonyl (C=O) groups is 2. The second-order valence-corrected chi connectivity index (χ2v) is 6.69. The Morgan fingerprint density at radius 1 is 1.15 bits per heavy atom. The summed E-state index contributed by atoms with van der Waals surface area (Å²) in [6.07, 6.45) is -0.725. The van der Waals surface area contributed by atoms with Gasteiger partial charge in [-0.1, -0.05) is 35.9 Å². The molecule has 1 aromatic rings. The van der Waals surface area contributed by atoms with Crippen molar-refractivity contribution in [3.8, 4) is 0 Å². The van der Waals surface area contributed by atoms with Gasteiger partial charge >= 0.3 is 11.9 Å². The summed E-state index contributed by atoms with van der Waals surface area (Å²) in [5, 5.41) is 12.3. The number of nitrogens with one attached hydrogen (secondary N) is 1. The van der Waals surface area contributed by atoms with Gasteiger partial charge in [-0.3, -0.25) is 4.79 Å². The van der Waals surface area contributed by atoms with E-state index in [4.69, 9.17) is 14.2 Å². The highest BCUT2D eigenvalue weighted by atomic mass is 16.6. The summed E-state index contributed by atoms with van der Waals surface area (Å²) in [6.45, 7) is 4.81. The Morgan fingerprint density at radius 2 is 1.85 bits per heavy atom. The molecule has 0 aliphatic carbocycles. The van der Waals surface area contributed by atoms with Crippen molar-refractivity contribution < 1.29 is 28.9 Å². The summed E-state index contributed by atoms with van der Waals surface area (Å²) in [5.41, 5.74) is 1.88. The predicted octanol–water partition coefficient (Wildman–Crippen LogP) is 0.518. The number of benzene rings is 1. The molecule has 27 heavy (non-hydrogen) atoms. The van der Waals surface area contributed by atoms with Gasteiger partial charge in [0.1, 0.15) is 6.61 Å². The zero-order valence-corrected chi connectivity index (χ0v) is 15.4. The molecule has 2 heterocycles. The number of nitrogens with zero attached hydrogens (tertiary/aromatic N) is 1. The van der Waals surface area contributed by atoms with Crippen molar-refractivity contribution in [3.05, 3.63) is 52.2 Å². The van der Waals surface area contributed by atoms with Gasteiger partial charge in [-0.25, -0.2) is 9.79 Å². The van der Waals surface area contributed by atoms with Crippen LogP contribution >= 0.6 is 0 Å². The van der Waals surface area contributed by atoms with Gasteiger partial charge in [0.25, 0.3) is 6.23 Å². The first-order chi connectivity index (χ1) is 12.9. The number of carbonyl (C=O) groups excluding carboxylic acids is 2. The molecule has 0 amide bonds. The molecule has 1 saturated heterocycles. The van der Waals surface area contributed by atoms with Crippen LogP contribution in [0.2, 0.25) is 0 Å². The molecular formula is C19H22N2O6. The molecule has 0 bridgehead atoms. The summed E-state index contributed by atoms with van der Waals surface area (Å²) >= 11 is 0. The number of esters is 2. The van der Waals surface area contributed by atoms with Crippen molar-refractivity contribution in [1.82, 2.24) is 0 Å². The van der Waals surface area contributed by atoms with Crippen molar-refractivity contribution in [1.29, 1.82) is 0 Å². The summed E-state index contributed by atoms with van der Waals surface area (Å²) in [6, 6.07) is 8.13. The first-order valence-electron chi connectivity index (χ1n) is 8.67. The van der Waals surface area contributed by atoms with Gasteiger partial charge in [0.2, 0.25) is 5.90 Å². The topological polar surface area (TPSA) is 102 Å². The van der Waals surface area contributed by atoms with Crippen LogP contribution in [0.5, 0.6) is 0 Å². The number of rotatable bonds is 6. The standard InChI is InChI=1S/C19H22N2O6/c1-11(2)15(19(23)26-9-13-7-5-4-6-8-13)17-16-18(21(17)24)27-14(20-16)10-25-12(3)22/h4-8,16-18,21H,9-10H2,1-3H3. The van der Waals surface area contributed by atoms with E-state index >= 15 is 0 Å². The lowest BCUT2D eigenvalue weighted by atomic mass is 9.88. The van der Waals surface area contributed by atoms with Crippen molar-refractivity contribution in [2.24, 2.45) is 4.99 Å². The van der Waals surface area contributed by atoms with Crippen LogP contribution in [0.3, 0.4) is 0 Å². The molecule has 0 spiro atoms. The van der Waals surface area contributed by atoms with Gasteiger partial charge in [0, 0.05) is 6.92 Å². The predicted molar refractivity (Wildman–Crippen MR) is 95.5 cm³/mol. The zero-order chi connectivity index (χ0) is 19.6. The van der Waals surface area contributed by atoms with Crippen molar-refractivity contribution in [3.63, 3.8) is 0 Å². The van der Waals surface area contributed by atoms with Gasteiger partial charge in [-0.15, -0.1) is 0 Å². The van der Waals surface area contributed by atoms with E-state index in [0.29, 0.717) is 11.1 Å². The molecule has 3 rings (SSSR count). The first kappa shape index (κ1) is 19.1. The van der Waals surface area contributed by atoms with Crippen molar-refractivity contribution in [2.75, 3.05) is 6.61 Å². The molecule has 0 radical (unpaired) electrons. The second kappa shape index (κ2) is 7.89. The quantitative estimate of drug-likeness (QED) is 0.442. The van der Waals surface area contributed by atoms with Crippen molar-refractivity contribution >= 4 is 17.8 Å². The highest BCUT2D eigenvalue weighted by Gasteiger charge is 2.59. The third-order valence-electron chi connectivity index (χ3n) is 4.48. The summed E-state index contributed by atoms with van der Waals surface area (Å²) in [7, 11) is 0. The molecule has 1 aromatic carbocycles. The number of hydrogen-bond donors (Lipinski definition) is 1. The van der Waals surface area contributed by atoms with Crippen LogP contribution in [0.4, 0.5) is 0 Å². The van der Waals surface area contributed by atoms with Gasteiger partial charge in [0.05, 0.1) is 5.57 Å². The summed E-state index contributed by atoms with van der Waals surface area (Å²) in [4.78, 5) is 27.9. The van der Waals surface area contributed by atoms with E-state index < -0.39 is 30.3 Å². The number of hydroxylamine groups is 2. The minimum atomic E-state index is -0.725. The van der Waals surface area contributed by atoms with Crippen LogP contribution in [0.15, 0.2) is 46.5 Å². The molecule has 8 heteroatoms. The van der Waals surface area contributed by atoms with Crippen LogP contribution in [0, 0.1) is 5.21 Å². The molecule has 8 nitrogen and oxygen atoms in total. The zero-order valence-electron chi connectivity index (χ0n) is 15.4. The molecule has 0 aromatic heterocycles. The minimum absolute atomic E-state index is 0.120. The fraction of sp³-hybridized carbons (Fsp3) is 0.421. The average Bonchev–Trinajstić information content (AvgIpc) is 3.02. The maximum absolute atomic E-state index is 12.6. The van der Waals surface area contributed by atoms with Gasteiger partial charge < -0.3 is 24.5 Å². The van der Waals surface area contributed by atoms with E-state index in [9.17, 15) is 14.8 Å². The second-order valence-electron chi connectivity index (χ2n) is 6.69. The molecule has 144 valence electrons. The molecule has 2 aliphatic heterocycles. The monoisotopic (exact) mass is 374 g/mol. The van der Waals surface area contributed by atoms with E-state index in [1.165, 1.54) is 6.92 Å². The van der Waals surface area contributed by atoms with Crippen LogP contribution in [-0.2, 0) is 30.4 Å². The molecular weight excluding hydrogens is 352 g/mol.